The lowest BCUT2D eigenvalue weighted by Gasteiger charge is -2.23. The van der Waals surface area contributed by atoms with Gasteiger partial charge in [-0.3, -0.25) is 4.84 Å². The lowest BCUT2D eigenvalue weighted by atomic mass is 10.0. The van der Waals surface area contributed by atoms with Crippen LogP contribution in [0.4, 0.5) is 20.7 Å². The molecule has 0 unspecified atom stereocenters. The summed E-state index contributed by atoms with van der Waals surface area (Å²) in [6.45, 7) is 4.91. The average Bonchev–Trinajstić information content (AvgIpc) is 3.51. The van der Waals surface area contributed by atoms with Crippen LogP contribution in [0.3, 0.4) is 0 Å². The largest absolute Gasteiger partial charge is 0.383 e. The van der Waals surface area contributed by atoms with Gasteiger partial charge in [0.25, 0.3) is 0 Å². The van der Waals surface area contributed by atoms with Gasteiger partial charge in [0, 0.05) is 24.2 Å². The van der Waals surface area contributed by atoms with Crippen molar-refractivity contribution in [3.05, 3.63) is 77.0 Å². The number of fused-ring (bicyclic) bond motifs is 1. The molecule has 2 amide bonds. The van der Waals surface area contributed by atoms with Crippen molar-refractivity contribution in [1.29, 1.82) is 0 Å². The van der Waals surface area contributed by atoms with E-state index in [2.05, 4.69) is 32.2 Å². The number of nitrogen functional groups attached to an aromatic ring is 1. The predicted octanol–water partition coefficient (Wildman–Crippen LogP) is 4.19. The molecule has 2 aromatic carbocycles. The van der Waals surface area contributed by atoms with Gasteiger partial charge in [-0.15, -0.1) is 0 Å². The van der Waals surface area contributed by atoms with Crippen molar-refractivity contribution in [3.63, 3.8) is 0 Å². The molecule has 0 bridgehead atoms. The number of nitrogens with one attached hydrogen (secondary N) is 1. The van der Waals surface area contributed by atoms with Gasteiger partial charge in [0.1, 0.15) is 23.7 Å². The number of hydrogen-bond donors (Lipinski definition) is 2. The third kappa shape index (κ3) is 4.44. The van der Waals surface area contributed by atoms with E-state index in [0.29, 0.717) is 47.8 Å². The van der Waals surface area contributed by atoms with E-state index < -0.39 is 6.03 Å². The van der Waals surface area contributed by atoms with Crippen molar-refractivity contribution in [2.45, 2.75) is 32.9 Å². The molecule has 4 aromatic rings. The van der Waals surface area contributed by atoms with E-state index in [0.717, 1.165) is 16.7 Å². The first-order valence-electron chi connectivity index (χ1n) is 11.5. The number of carbonyl (C=O) groups is 1. The molecule has 5 rings (SSSR count). The second kappa shape index (κ2) is 9.64. The quantitative estimate of drug-likeness (QED) is 0.421. The van der Waals surface area contributed by atoms with Crippen LogP contribution < -0.4 is 11.1 Å². The van der Waals surface area contributed by atoms with Crippen LogP contribution in [0, 0.1) is 24.6 Å². The van der Waals surface area contributed by atoms with E-state index in [1.807, 2.05) is 19.9 Å². The van der Waals surface area contributed by atoms with Crippen molar-refractivity contribution < 1.29 is 14.0 Å². The number of anilines is 2. The number of benzene rings is 2. The van der Waals surface area contributed by atoms with Gasteiger partial charge >= 0.3 is 6.03 Å². The summed E-state index contributed by atoms with van der Waals surface area (Å²) in [5.74, 6) is 6.22. The Kier molecular flexibility index (Phi) is 6.23. The molecule has 3 N–H and O–H groups in total. The number of nitrogens with zero attached hydrogens (tertiary/aromatic N) is 5. The number of amides is 2. The van der Waals surface area contributed by atoms with E-state index in [1.54, 1.807) is 28.9 Å². The molecule has 0 radical (unpaired) electrons. The summed E-state index contributed by atoms with van der Waals surface area (Å²) in [6, 6.07) is 10.8. The minimum Gasteiger partial charge on any atom is -0.383 e. The first kappa shape index (κ1) is 23.3. The Labute approximate surface area is 207 Å². The Balaban J connectivity index is 1.39. The third-order valence-electron chi connectivity index (χ3n) is 6.02. The molecule has 0 aliphatic carbocycles. The van der Waals surface area contributed by atoms with Gasteiger partial charge in [0.2, 0.25) is 0 Å². The highest BCUT2D eigenvalue weighted by Gasteiger charge is 2.32. The number of aryl methyl sites for hydroxylation is 2. The zero-order valence-corrected chi connectivity index (χ0v) is 19.8. The Bertz CT molecular complexity index is 1500. The summed E-state index contributed by atoms with van der Waals surface area (Å²) < 4.78 is 15.1. The van der Waals surface area contributed by atoms with Crippen LogP contribution in [-0.2, 0) is 11.4 Å². The van der Waals surface area contributed by atoms with Crippen LogP contribution in [-0.4, -0.2) is 37.4 Å². The molecule has 9 nitrogen and oxygen atoms in total. The fraction of sp³-hybridized carbons (Fsp3) is 0.231. The first-order valence-corrected chi connectivity index (χ1v) is 11.5. The molecule has 182 valence electrons. The highest BCUT2D eigenvalue weighted by atomic mass is 19.1. The maximum absolute atomic E-state index is 13.3. The number of hydrogen-bond acceptors (Lipinski definition) is 6. The van der Waals surface area contributed by atoms with Crippen molar-refractivity contribution in [2.75, 3.05) is 17.7 Å². The SMILES string of the molecule is CCn1nc(C#Cc2cc(NC(=O)N3OCC[C@@H]3c3ccc(F)cc3)ccc2C)c2c(N)ncnc21. The molecular weight excluding hydrogens is 461 g/mol. The van der Waals surface area contributed by atoms with E-state index >= 15 is 0 Å². The van der Waals surface area contributed by atoms with Crippen molar-refractivity contribution in [1.82, 2.24) is 24.8 Å². The zero-order valence-electron chi connectivity index (χ0n) is 19.8. The van der Waals surface area contributed by atoms with Crippen molar-refractivity contribution in [3.8, 4) is 11.8 Å². The van der Waals surface area contributed by atoms with Crippen molar-refractivity contribution in [2.24, 2.45) is 0 Å². The maximum atomic E-state index is 13.3. The maximum Gasteiger partial charge on any atom is 0.346 e. The summed E-state index contributed by atoms with van der Waals surface area (Å²) >= 11 is 0. The standard InChI is InChI=1S/C26H24FN7O2/c1-3-33-25-23(24(28)29-15-30-25)21(32-33)11-7-18-14-20(10-4-16(18)2)31-26(35)34-22(12-13-36-34)17-5-8-19(27)9-6-17/h4-6,8-10,14-15,22H,3,12-13H2,1-2H3,(H,31,35)(H2,28,29,30)/t22-/m1/s1. The lowest BCUT2D eigenvalue weighted by molar-refractivity contribution is -0.0829. The molecule has 0 saturated carbocycles. The van der Waals surface area contributed by atoms with Gasteiger partial charge in [-0.25, -0.2) is 23.8 Å². The van der Waals surface area contributed by atoms with E-state index in [1.165, 1.54) is 23.5 Å². The Morgan fingerprint density at radius 1 is 1.22 bits per heavy atom. The van der Waals surface area contributed by atoms with Crippen LogP contribution >= 0.6 is 0 Å². The number of urea groups is 1. The van der Waals surface area contributed by atoms with Gasteiger partial charge in [0.05, 0.1) is 18.0 Å². The summed E-state index contributed by atoms with van der Waals surface area (Å²) in [5, 5.41) is 9.31. The molecule has 0 spiro atoms. The monoisotopic (exact) mass is 485 g/mol. The fourth-order valence-electron chi connectivity index (χ4n) is 4.13. The predicted molar refractivity (Wildman–Crippen MR) is 133 cm³/mol. The van der Waals surface area contributed by atoms with Crippen LogP contribution in [0.25, 0.3) is 11.0 Å². The molecule has 3 heterocycles. The second-order valence-corrected chi connectivity index (χ2v) is 8.35. The Morgan fingerprint density at radius 2 is 2.03 bits per heavy atom. The number of rotatable bonds is 3. The lowest BCUT2D eigenvalue weighted by Crippen LogP contribution is -2.33. The molecule has 1 aliphatic heterocycles. The topological polar surface area (TPSA) is 111 Å². The average molecular weight is 486 g/mol. The minimum atomic E-state index is -0.415. The summed E-state index contributed by atoms with van der Waals surface area (Å²) in [5.41, 5.74) is 10.2. The van der Waals surface area contributed by atoms with E-state index in [4.69, 9.17) is 10.6 Å². The fourth-order valence-corrected chi connectivity index (χ4v) is 4.13. The second-order valence-electron chi connectivity index (χ2n) is 8.35. The summed E-state index contributed by atoms with van der Waals surface area (Å²) in [7, 11) is 0. The highest BCUT2D eigenvalue weighted by molar-refractivity contribution is 5.91. The van der Waals surface area contributed by atoms with Gasteiger partial charge in [-0.05, 0) is 55.2 Å². The molecule has 1 fully saturated rings. The van der Waals surface area contributed by atoms with Gasteiger partial charge < -0.3 is 11.1 Å². The van der Waals surface area contributed by atoms with Crippen LogP contribution in [0.5, 0.6) is 0 Å². The summed E-state index contributed by atoms with van der Waals surface area (Å²) in [4.78, 5) is 26.9. The number of carbonyl (C=O) groups excluding carboxylic acids is 1. The van der Waals surface area contributed by atoms with Crippen molar-refractivity contribution >= 4 is 28.6 Å². The Hall–Kier alpha value is -4.49. The third-order valence-corrected chi connectivity index (χ3v) is 6.02. The first-order chi connectivity index (χ1) is 17.4. The summed E-state index contributed by atoms with van der Waals surface area (Å²) in [6.07, 6.45) is 2.03. The minimum absolute atomic E-state index is 0.301. The molecule has 2 aromatic heterocycles. The van der Waals surface area contributed by atoms with Gasteiger partial charge in [-0.1, -0.05) is 24.1 Å². The molecule has 10 heteroatoms. The Morgan fingerprint density at radius 3 is 2.81 bits per heavy atom. The number of halogens is 1. The van der Waals surface area contributed by atoms with Crippen LogP contribution in [0.2, 0.25) is 0 Å². The molecule has 1 saturated heterocycles. The van der Waals surface area contributed by atoms with Gasteiger partial charge in [-0.2, -0.15) is 10.2 Å². The molecular formula is C26H24FN7O2. The molecule has 1 aliphatic rings. The molecule has 36 heavy (non-hydrogen) atoms. The van der Waals surface area contributed by atoms with Crippen LogP contribution in [0.1, 0.15) is 41.8 Å². The highest BCUT2D eigenvalue weighted by Crippen LogP contribution is 2.31. The zero-order chi connectivity index (χ0) is 25.2. The van der Waals surface area contributed by atoms with Gasteiger partial charge in [0.15, 0.2) is 5.65 Å². The number of hydroxylamine groups is 2. The van der Waals surface area contributed by atoms with Crippen LogP contribution in [0.15, 0.2) is 48.8 Å². The smallest absolute Gasteiger partial charge is 0.346 e. The van der Waals surface area contributed by atoms with E-state index in [9.17, 15) is 9.18 Å². The normalized spacial score (nSPS) is 15.1. The number of nitrogens with two attached hydrogens (primary N) is 1. The molecule has 1 atom stereocenters. The number of aromatic nitrogens is 4. The van der Waals surface area contributed by atoms with E-state index in [-0.39, 0.29) is 11.9 Å².